The first-order valence-electron chi connectivity index (χ1n) is 8.42. The van der Waals surface area contributed by atoms with Gasteiger partial charge >= 0.3 is 0 Å². The van der Waals surface area contributed by atoms with Gasteiger partial charge in [0.1, 0.15) is 23.9 Å². The van der Waals surface area contributed by atoms with E-state index in [2.05, 4.69) is 30.5 Å². The average Bonchev–Trinajstić information content (AvgIpc) is 2.63. The highest BCUT2D eigenvalue weighted by atomic mass is 32.1. The van der Waals surface area contributed by atoms with Crippen LogP contribution in [-0.2, 0) is 0 Å². The molecule has 0 bridgehead atoms. The van der Waals surface area contributed by atoms with Crippen LogP contribution in [-0.4, -0.2) is 32.0 Å². The lowest BCUT2D eigenvalue weighted by Crippen LogP contribution is -2.39. The monoisotopic (exact) mass is 374 g/mol. The molecule has 2 aromatic rings. The van der Waals surface area contributed by atoms with Crippen LogP contribution in [0.1, 0.15) is 18.1 Å². The molecular formula is C20H26N2O3S. The molecule has 0 aliphatic heterocycles. The van der Waals surface area contributed by atoms with Crippen LogP contribution in [0.3, 0.4) is 0 Å². The summed E-state index contributed by atoms with van der Waals surface area (Å²) in [6, 6.07) is 11.6. The summed E-state index contributed by atoms with van der Waals surface area (Å²) in [5, 5.41) is 6.86. The van der Waals surface area contributed by atoms with Crippen molar-refractivity contribution in [2.75, 3.05) is 26.1 Å². The molecule has 1 atom stereocenters. The molecule has 5 nitrogen and oxygen atoms in total. The Morgan fingerprint density at radius 2 is 1.73 bits per heavy atom. The smallest absolute Gasteiger partial charge is 0.171 e. The van der Waals surface area contributed by atoms with Gasteiger partial charge in [-0.15, -0.1) is 0 Å². The summed E-state index contributed by atoms with van der Waals surface area (Å²) in [5.74, 6) is 2.24. The third kappa shape index (κ3) is 5.52. The molecule has 0 aromatic heterocycles. The molecule has 0 saturated heterocycles. The number of hydrogen-bond donors (Lipinski definition) is 2. The van der Waals surface area contributed by atoms with Crippen molar-refractivity contribution in [2.45, 2.75) is 26.8 Å². The van der Waals surface area contributed by atoms with E-state index >= 15 is 0 Å². The molecule has 0 aliphatic rings. The van der Waals surface area contributed by atoms with E-state index in [1.807, 2.05) is 31.2 Å². The molecule has 0 unspecified atom stereocenters. The van der Waals surface area contributed by atoms with Crippen LogP contribution < -0.4 is 24.8 Å². The van der Waals surface area contributed by atoms with E-state index < -0.39 is 0 Å². The first-order chi connectivity index (χ1) is 12.4. The fourth-order valence-electron chi connectivity index (χ4n) is 2.35. The largest absolute Gasteiger partial charge is 0.497 e. The molecule has 2 rings (SSSR count). The number of thiocarbonyl (C=S) groups is 1. The van der Waals surface area contributed by atoms with E-state index in [0.717, 1.165) is 17.2 Å². The van der Waals surface area contributed by atoms with Crippen LogP contribution in [0.4, 0.5) is 5.69 Å². The topological polar surface area (TPSA) is 51.8 Å². The summed E-state index contributed by atoms with van der Waals surface area (Å²) < 4.78 is 16.4. The maximum atomic E-state index is 5.84. The maximum absolute atomic E-state index is 5.84. The fraction of sp³-hybridized carbons (Fsp3) is 0.350. The van der Waals surface area contributed by atoms with E-state index in [-0.39, 0.29) is 6.04 Å². The lowest BCUT2D eigenvalue weighted by atomic mass is 10.1. The lowest BCUT2D eigenvalue weighted by Gasteiger charge is -2.19. The first-order valence-corrected chi connectivity index (χ1v) is 8.83. The normalized spacial score (nSPS) is 11.4. The van der Waals surface area contributed by atoms with Crippen LogP contribution >= 0.6 is 12.2 Å². The molecule has 0 radical (unpaired) electrons. The van der Waals surface area contributed by atoms with Crippen LogP contribution in [0.25, 0.3) is 0 Å². The van der Waals surface area contributed by atoms with Gasteiger partial charge in [-0.3, -0.25) is 0 Å². The molecule has 2 N–H and O–H groups in total. The molecule has 0 spiro atoms. The molecule has 6 heteroatoms. The van der Waals surface area contributed by atoms with Crippen molar-refractivity contribution >= 4 is 23.0 Å². The first kappa shape index (κ1) is 19.8. The lowest BCUT2D eigenvalue weighted by molar-refractivity contribution is 0.287. The van der Waals surface area contributed by atoms with E-state index in [9.17, 15) is 0 Å². The van der Waals surface area contributed by atoms with Gasteiger partial charge in [0.05, 0.1) is 25.9 Å². The predicted octanol–water partition coefficient (Wildman–Crippen LogP) is 4.07. The Bertz CT molecular complexity index is 765. The number of methoxy groups -OCH3 is 2. The van der Waals surface area contributed by atoms with Crippen LogP contribution in [0.15, 0.2) is 36.4 Å². The minimum Gasteiger partial charge on any atom is -0.497 e. The van der Waals surface area contributed by atoms with E-state index in [1.165, 1.54) is 11.1 Å². The van der Waals surface area contributed by atoms with E-state index in [0.29, 0.717) is 17.5 Å². The number of benzene rings is 2. The summed E-state index contributed by atoms with van der Waals surface area (Å²) in [7, 11) is 3.22. The zero-order chi connectivity index (χ0) is 19.1. The van der Waals surface area contributed by atoms with Crippen molar-refractivity contribution in [3.05, 3.63) is 47.5 Å². The summed E-state index contributed by atoms with van der Waals surface area (Å²) in [5.41, 5.74) is 3.24. The molecule has 0 amide bonds. The van der Waals surface area contributed by atoms with Crippen molar-refractivity contribution in [1.29, 1.82) is 0 Å². The molecule has 26 heavy (non-hydrogen) atoms. The molecule has 140 valence electrons. The SMILES string of the molecule is COc1ccc(NC(=S)N[C@@H](C)COc2ccc(C)c(C)c2)c(OC)c1. The van der Waals surface area contributed by atoms with Gasteiger partial charge in [-0.2, -0.15) is 0 Å². The van der Waals surface area contributed by atoms with Gasteiger partial charge in [-0.1, -0.05) is 6.07 Å². The van der Waals surface area contributed by atoms with Gasteiger partial charge in [0, 0.05) is 6.07 Å². The van der Waals surface area contributed by atoms with Gasteiger partial charge < -0.3 is 24.8 Å². The van der Waals surface area contributed by atoms with Crippen molar-refractivity contribution in [3.8, 4) is 17.2 Å². The minimum atomic E-state index is 0.0425. The third-order valence-electron chi connectivity index (χ3n) is 4.01. The Morgan fingerprint density at radius 3 is 2.38 bits per heavy atom. The molecule has 0 saturated carbocycles. The summed E-state index contributed by atoms with van der Waals surface area (Å²) >= 11 is 5.39. The number of anilines is 1. The zero-order valence-corrected chi connectivity index (χ0v) is 16.7. The minimum absolute atomic E-state index is 0.0425. The number of aryl methyl sites for hydroxylation is 2. The van der Waals surface area contributed by atoms with Crippen LogP contribution in [0, 0.1) is 13.8 Å². The second-order valence-electron chi connectivity index (χ2n) is 6.12. The van der Waals surface area contributed by atoms with Crippen LogP contribution in [0.5, 0.6) is 17.2 Å². The maximum Gasteiger partial charge on any atom is 0.171 e. The molecule has 0 aliphatic carbocycles. The Hall–Kier alpha value is -2.47. The second kappa shape index (κ2) is 9.29. The third-order valence-corrected chi connectivity index (χ3v) is 4.23. The Morgan fingerprint density at radius 1 is 1.00 bits per heavy atom. The zero-order valence-electron chi connectivity index (χ0n) is 15.9. The van der Waals surface area contributed by atoms with Crippen molar-refractivity contribution in [3.63, 3.8) is 0 Å². The van der Waals surface area contributed by atoms with Gasteiger partial charge in [0.25, 0.3) is 0 Å². The van der Waals surface area contributed by atoms with Gasteiger partial charge in [-0.05, 0) is 68.4 Å². The number of hydrogen-bond acceptors (Lipinski definition) is 4. The van der Waals surface area contributed by atoms with E-state index in [4.69, 9.17) is 26.4 Å². The summed E-state index contributed by atoms with van der Waals surface area (Å²) in [6.07, 6.45) is 0. The fourth-order valence-corrected chi connectivity index (χ4v) is 2.66. The number of rotatable bonds is 7. The average molecular weight is 375 g/mol. The van der Waals surface area contributed by atoms with Gasteiger partial charge in [0.15, 0.2) is 5.11 Å². The van der Waals surface area contributed by atoms with Crippen molar-refractivity contribution in [2.24, 2.45) is 0 Å². The van der Waals surface area contributed by atoms with E-state index in [1.54, 1.807) is 20.3 Å². The summed E-state index contributed by atoms with van der Waals surface area (Å²) in [4.78, 5) is 0. The van der Waals surface area contributed by atoms with Crippen molar-refractivity contribution < 1.29 is 14.2 Å². The molecule has 2 aromatic carbocycles. The highest BCUT2D eigenvalue weighted by Gasteiger charge is 2.10. The molecule has 0 heterocycles. The predicted molar refractivity (Wildman–Crippen MR) is 110 cm³/mol. The highest BCUT2D eigenvalue weighted by Crippen LogP contribution is 2.28. The van der Waals surface area contributed by atoms with Gasteiger partial charge in [0.2, 0.25) is 0 Å². The van der Waals surface area contributed by atoms with Crippen molar-refractivity contribution in [1.82, 2.24) is 5.32 Å². The Labute approximate surface area is 160 Å². The highest BCUT2D eigenvalue weighted by molar-refractivity contribution is 7.80. The summed E-state index contributed by atoms with van der Waals surface area (Å²) in [6.45, 7) is 6.68. The Balaban J connectivity index is 1.87. The number of nitrogens with one attached hydrogen (secondary N) is 2. The molecular weight excluding hydrogens is 348 g/mol. The second-order valence-corrected chi connectivity index (χ2v) is 6.53. The van der Waals surface area contributed by atoms with Gasteiger partial charge in [-0.25, -0.2) is 0 Å². The standard InChI is InChI=1S/C20H26N2O3S/c1-13-6-7-17(10-14(13)2)25-12-15(3)21-20(26)22-18-9-8-16(23-4)11-19(18)24-5/h6-11,15H,12H2,1-5H3,(H2,21,22,26)/t15-/m0/s1. The quantitative estimate of drug-likeness (QED) is 0.713. The number of ether oxygens (including phenoxy) is 3. The van der Waals surface area contributed by atoms with Crippen LogP contribution in [0.2, 0.25) is 0 Å². The Kier molecular flexibility index (Phi) is 7.09. The molecule has 0 fully saturated rings.